The number of hydrogen-bond donors (Lipinski definition) is 1. The zero-order valence-corrected chi connectivity index (χ0v) is 25.9. The van der Waals surface area contributed by atoms with Crippen molar-refractivity contribution >= 4 is 34.8 Å². The van der Waals surface area contributed by atoms with Crippen LogP contribution in [0.5, 0.6) is 17.2 Å². The largest absolute Gasteiger partial charge is 0.493 e. The minimum atomic E-state index is -4.88. The Balaban J connectivity index is 1.32. The fourth-order valence-electron chi connectivity index (χ4n) is 5.36. The topological polar surface area (TPSA) is 96.4 Å². The molecule has 3 aromatic carbocycles. The molecule has 1 unspecified atom stereocenters. The molecule has 8 nitrogen and oxygen atoms in total. The second-order valence-corrected chi connectivity index (χ2v) is 12.0. The van der Waals surface area contributed by atoms with Crippen molar-refractivity contribution in [2.75, 3.05) is 33.3 Å². The second-order valence-electron chi connectivity index (χ2n) is 11.0. The molecule has 242 valence electrons. The summed E-state index contributed by atoms with van der Waals surface area (Å²) in [7, 11) is 1.32. The summed E-state index contributed by atoms with van der Waals surface area (Å²) in [6, 6.07) is 15.1. The first kappa shape index (κ1) is 33.2. The molecular formula is C34H33F3N2O6S. The number of amides is 2. The summed E-state index contributed by atoms with van der Waals surface area (Å²) < 4.78 is 53.3. The number of aliphatic hydroxyl groups excluding tert-OH is 1. The number of hydrogen-bond acceptors (Lipinski definition) is 8. The normalized spacial score (nSPS) is 17.7. The molecule has 12 heteroatoms. The molecule has 2 amide bonds. The molecule has 2 aliphatic rings. The van der Waals surface area contributed by atoms with Gasteiger partial charge < -0.3 is 19.5 Å². The molecule has 0 saturated carbocycles. The summed E-state index contributed by atoms with van der Waals surface area (Å²) in [6.45, 7) is 2.82. The van der Waals surface area contributed by atoms with E-state index in [1.807, 2.05) is 0 Å². The maximum absolute atomic E-state index is 14.1. The van der Waals surface area contributed by atoms with Gasteiger partial charge in [-0.2, -0.15) is 13.2 Å². The van der Waals surface area contributed by atoms with Gasteiger partial charge in [0.25, 0.3) is 11.1 Å². The number of carbonyl (C=O) groups excluding carboxylic acids is 3. The average Bonchev–Trinajstić information content (AvgIpc) is 3.20. The maximum atomic E-state index is 14.1. The SMILES string of the molecule is COc1cc(C=C2SC(=O)N(CCN3CCCCCC3)C2=O)ccc1Oc1ccc(C(=O)C(O)c2ccccc2)cc1C(F)(F)F. The highest BCUT2D eigenvalue weighted by molar-refractivity contribution is 8.18. The van der Waals surface area contributed by atoms with E-state index in [1.54, 1.807) is 18.2 Å². The van der Waals surface area contributed by atoms with Gasteiger partial charge in [0, 0.05) is 18.7 Å². The Kier molecular flexibility index (Phi) is 10.5. The quantitative estimate of drug-likeness (QED) is 0.179. The van der Waals surface area contributed by atoms with E-state index in [2.05, 4.69) is 4.90 Å². The lowest BCUT2D eigenvalue weighted by Gasteiger charge is -2.22. The van der Waals surface area contributed by atoms with E-state index in [9.17, 15) is 32.7 Å². The van der Waals surface area contributed by atoms with Crippen molar-refractivity contribution in [3.8, 4) is 17.2 Å². The molecule has 0 radical (unpaired) electrons. The van der Waals surface area contributed by atoms with Gasteiger partial charge in [-0.1, -0.05) is 49.2 Å². The molecule has 1 N–H and O–H groups in total. The van der Waals surface area contributed by atoms with Crippen LogP contribution in [0.25, 0.3) is 6.08 Å². The summed E-state index contributed by atoms with van der Waals surface area (Å²) in [5, 5.41) is 10.1. The highest BCUT2D eigenvalue weighted by Gasteiger charge is 2.37. The number of rotatable bonds is 10. The van der Waals surface area contributed by atoms with Crippen LogP contribution in [0, 0.1) is 0 Å². The molecule has 1 atom stereocenters. The molecule has 0 aliphatic carbocycles. The van der Waals surface area contributed by atoms with Crippen molar-refractivity contribution in [3.05, 3.63) is 93.9 Å². The van der Waals surface area contributed by atoms with Crippen LogP contribution in [0.15, 0.2) is 71.6 Å². The maximum Gasteiger partial charge on any atom is 0.420 e. The van der Waals surface area contributed by atoms with Gasteiger partial charge in [0.1, 0.15) is 11.9 Å². The van der Waals surface area contributed by atoms with Crippen LogP contribution < -0.4 is 9.47 Å². The molecule has 46 heavy (non-hydrogen) atoms. The number of benzene rings is 3. The second kappa shape index (κ2) is 14.5. The van der Waals surface area contributed by atoms with Crippen LogP contribution in [-0.2, 0) is 11.0 Å². The van der Waals surface area contributed by atoms with E-state index in [-0.39, 0.29) is 32.8 Å². The minimum Gasteiger partial charge on any atom is -0.493 e. The standard InChI is InChI=1S/C34H33F3N2O6S/c1-44-28-19-22(20-29-32(42)39(33(43)46-29)18-17-38-15-7-2-3-8-16-38)11-13-27(28)45-26-14-12-24(21-25(26)34(35,36)37)31(41)30(40)23-9-5-4-6-10-23/h4-6,9-14,19-21,30,40H,2-3,7-8,15-18H2,1H3. The molecule has 2 heterocycles. The smallest absolute Gasteiger partial charge is 0.420 e. The minimum absolute atomic E-state index is 0.0425. The highest BCUT2D eigenvalue weighted by Crippen LogP contribution is 2.42. The van der Waals surface area contributed by atoms with Gasteiger partial charge in [0.15, 0.2) is 17.3 Å². The van der Waals surface area contributed by atoms with E-state index in [0.29, 0.717) is 24.7 Å². The predicted octanol–water partition coefficient (Wildman–Crippen LogP) is 7.33. The Hall–Kier alpha value is -4.13. The van der Waals surface area contributed by atoms with E-state index in [0.717, 1.165) is 49.8 Å². The Morgan fingerprint density at radius 1 is 0.935 bits per heavy atom. The molecule has 0 spiro atoms. The first-order valence-corrected chi connectivity index (χ1v) is 15.7. The third-order valence-corrected chi connectivity index (χ3v) is 8.76. The highest BCUT2D eigenvalue weighted by atomic mass is 32.2. The van der Waals surface area contributed by atoms with Crippen molar-refractivity contribution in [1.82, 2.24) is 9.80 Å². The van der Waals surface area contributed by atoms with Crippen LogP contribution in [-0.4, -0.2) is 65.1 Å². The van der Waals surface area contributed by atoms with Gasteiger partial charge in [-0.3, -0.25) is 19.3 Å². The monoisotopic (exact) mass is 654 g/mol. The number of imide groups is 1. The third kappa shape index (κ3) is 7.80. The first-order chi connectivity index (χ1) is 22.0. The van der Waals surface area contributed by atoms with Gasteiger partial charge in [0.05, 0.1) is 17.6 Å². The van der Waals surface area contributed by atoms with Gasteiger partial charge in [-0.15, -0.1) is 0 Å². The number of methoxy groups -OCH3 is 1. The lowest BCUT2D eigenvalue weighted by molar-refractivity contribution is -0.138. The van der Waals surface area contributed by atoms with E-state index in [4.69, 9.17) is 9.47 Å². The number of carbonyl (C=O) groups is 3. The lowest BCUT2D eigenvalue weighted by Crippen LogP contribution is -2.37. The van der Waals surface area contributed by atoms with Gasteiger partial charge in [0.2, 0.25) is 0 Å². The third-order valence-electron chi connectivity index (χ3n) is 7.85. The van der Waals surface area contributed by atoms with Crippen LogP contribution in [0.3, 0.4) is 0 Å². The number of thioether (sulfide) groups is 1. The van der Waals surface area contributed by atoms with Crippen molar-refractivity contribution < 1.29 is 42.1 Å². The molecular weight excluding hydrogens is 621 g/mol. The summed E-state index contributed by atoms with van der Waals surface area (Å²) in [4.78, 5) is 42.2. The number of Topliss-reactive ketones (excluding diaryl/α,β-unsaturated/α-hetero) is 1. The van der Waals surface area contributed by atoms with Crippen LogP contribution in [0.1, 0.15) is 58.8 Å². The molecule has 2 aliphatic heterocycles. The molecule has 0 aromatic heterocycles. The fraction of sp³-hybridized carbons (Fsp3) is 0.324. The van der Waals surface area contributed by atoms with E-state index in [1.165, 1.54) is 61.3 Å². The van der Waals surface area contributed by atoms with Crippen molar-refractivity contribution in [2.45, 2.75) is 38.0 Å². The van der Waals surface area contributed by atoms with E-state index < -0.39 is 35.3 Å². The Morgan fingerprint density at radius 2 is 1.63 bits per heavy atom. The summed E-state index contributed by atoms with van der Waals surface area (Å²) in [5.74, 6) is -1.82. The number of halogens is 3. The number of likely N-dealkylation sites (tertiary alicyclic amines) is 1. The van der Waals surface area contributed by atoms with Crippen LogP contribution in [0.2, 0.25) is 0 Å². The molecule has 3 aromatic rings. The summed E-state index contributed by atoms with van der Waals surface area (Å²) in [5.41, 5.74) is -0.810. The number of alkyl halides is 3. The van der Waals surface area contributed by atoms with Gasteiger partial charge >= 0.3 is 6.18 Å². The fourth-order valence-corrected chi connectivity index (χ4v) is 6.23. The lowest BCUT2D eigenvalue weighted by atomic mass is 9.98. The first-order valence-electron chi connectivity index (χ1n) is 14.9. The summed E-state index contributed by atoms with van der Waals surface area (Å²) in [6.07, 6.45) is -0.414. The van der Waals surface area contributed by atoms with Crippen LogP contribution in [0.4, 0.5) is 18.0 Å². The predicted molar refractivity (Wildman–Crippen MR) is 168 cm³/mol. The molecule has 2 saturated heterocycles. The van der Waals surface area contributed by atoms with Crippen LogP contribution >= 0.6 is 11.8 Å². The Labute approximate surface area is 268 Å². The number of nitrogens with zero attached hydrogens (tertiary/aromatic N) is 2. The number of aliphatic hydroxyl groups is 1. The van der Waals surface area contributed by atoms with Crippen molar-refractivity contribution in [3.63, 3.8) is 0 Å². The Bertz CT molecular complexity index is 1620. The van der Waals surface area contributed by atoms with Crippen molar-refractivity contribution in [1.29, 1.82) is 0 Å². The zero-order valence-electron chi connectivity index (χ0n) is 25.1. The van der Waals surface area contributed by atoms with E-state index >= 15 is 0 Å². The molecule has 0 bridgehead atoms. The van der Waals surface area contributed by atoms with Gasteiger partial charge in [-0.25, -0.2) is 0 Å². The Morgan fingerprint density at radius 3 is 2.30 bits per heavy atom. The average molecular weight is 655 g/mol. The molecule has 2 fully saturated rings. The number of ether oxygens (including phenoxy) is 2. The zero-order chi connectivity index (χ0) is 32.8. The summed E-state index contributed by atoms with van der Waals surface area (Å²) >= 11 is 0.834. The number of ketones is 1. The molecule has 5 rings (SSSR count). The van der Waals surface area contributed by atoms with Gasteiger partial charge in [-0.05, 0) is 85.2 Å². The van der Waals surface area contributed by atoms with Crippen molar-refractivity contribution in [2.24, 2.45) is 0 Å².